The van der Waals surface area contributed by atoms with Gasteiger partial charge in [0.05, 0.1) is 12.1 Å². The van der Waals surface area contributed by atoms with Crippen molar-refractivity contribution >= 4 is 22.8 Å². The summed E-state index contributed by atoms with van der Waals surface area (Å²) in [6.45, 7) is 1.84. The molecule has 130 valence electrons. The minimum Gasteiger partial charge on any atom is -0.485 e. The second-order valence-corrected chi connectivity index (χ2v) is 4.85. The number of carboxylic acids is 1. The van der Waals surface area contributed by atoms with Crippen molar-refractivity contribution in [1.29, 1.82) is 0 Å². The van der Waals surface area contributed by atoms with Crippen LogP contribution in [0.5, 0.6) is 5.75 Å². The van der Waals surface area contributed by atoms with E-state index in [4.69, 9.17) is 14.6 Å². The van der Waals surface area contributed by atoms with E-state index in [0.717, 1.165) is 12.1 Å². The van der Waals surface area contributed by atoms with Gasteiger partial charge in [0.1, 0.15) is 12.3 Å². The highest BCUT2D eigenvalue weighted by Gasteiger charge is 2.09. The molecule has 0 amide bonds. The Bertz CT molecular complexity index is 959. The first kappa shape index (κ1) is 17.9. The highest BCUT2D eigenvalue weighted by molar-refractivity contribution is 5.89. The molecule has 0 saturated carbocycles. The number of aromatic carboxylic acids is 1. The number of hydrogen-bond acceptors (Lipinski definition) is 6. The average Bonchev–Trinajstić information content (AvgIpc) is 2.72. The van der Waals surface area contributed by atoms with Crippen LogP contribution in [-0.2, 0) is 9.53 Å². The van der Waals surface area contributed by atoms with Crippen molar-refractivity contribution in [3.8, 4) is 5.75 Å². The molecule has 0 spiro atoms. The quantitative estimate of drug-likeness (QED) is 0.593. The molecule has 0 saturated heterocycles. The van der Waals surface area contributed by atoms with Crippen LogP contribution in [0.2, 0.25) is 0 Å². The highest BCUT2D eigenvalue weighted by atomic mass is 16.5. The van der Waals surface area contributed by atoms with E-state index in [2.05, 4.69) is 4.98 Å². The van der Waals surface area contributed by atoms with Gasteiger partial charge >= 0.3 is 11.9 Å². The minimum atomic E-state index is -1.28. The predicted molar refractivity (Wildman–Crippen MR) is 89.1 cm³/mol. The molecule has 0 bridgehead atoms. The van der Waals surface area contributed by atoms with Crippen molar-refractivity contribution in [3.05, 3.63) is 62.6 Å². The number of pyridine rings is 1. The van der Waals surface area contributed by atoms with E-state index in [0.29, 0.717) is 0 Å². The summed E-state index contributed by atoms with van der Waals surface area (Å²) in [5.74, 6) is -1.92. The third-order valence-electron chi connectivity index (χ3n) is 3.13. The number of H-pyrrole nitrogens is 1. The fourth-order valence-corrected chi connectivity index (χ4v) is 2.01. The zero-order valence-electron chi connectivity index (χ0n) is 13.3. The van der Waals surface area contributed by atoms with E-state index in [1.807, 2.05) is 0 Å². The lowest BCUT2D eigenvalue weighted by Crippen LogP contribution is -2.09. The van der Waals surface area contributed by atoms with E-state index in [1.54, 1.807) is 6.92 Å². The largest absolute Gasteiger partial charge is 0.485 e. The minimum absolute atomic E-state index is 0.0787. The number of aromatic nitrogens is 1. The molecule has 1 heterocycles. The molecular weight excluding hydrogens is 330 g/mol. The summed E-state index contributed by atoms with van der Waals surface area (Å²) in [5, 5.41) is 9.07. The predicted octanol–water partition coefficient (Wildman–Crippen LogP) is 1.08. The second kappa shape index (κ2) is 7.91. The average molecular weight is 345 g/mol. The lowest BCUT2D eigenvalue weighted by Gasteiger charge is -2.00. The standard InChI is InChI=1S/C17H15NO7/c1-2-24-16(21)4-3-7-25-15-8-10-11(5-6-13(15)19)18-12(17(22)23)9-14(10)20/h3-6,8-9H,2,7H2,1H3,(H,18,20)(H,22,23)/b4-3+. The Morgan fingerprint density at radius 1 is 1.20 bits per heavy atom. The maximum Gasteiger partial charge on any atom is 0.352 e. The van der Waals surface area contributed by atoms with Gasteiger partial charge in [-0.15, -0.1) is 0 Å². The third kappa shape index (κ3) is 4.54. The summed E-state index contributed by atoms with van der Waals surface area (Å²) in [7, 11) is 0. The lowest BCUT2D eigenvalue weighted by atomic mass is 10.2. The highest BCUT2D eigenvalue weighted by Crippen LogP contribution is 2.11. The Kier molecular flexibility index (Phi) is 5.67. The molecular formula is C17H15NO7. The molecule has 0 unspecified atom stereocenters. The Hall–Kier alpha value is -3.42. The first-order valence-electron chi connectivity index (χ1n) is 7.33. The molecule has 1 aromatic heterocycles. The van der Waals surface area contributed by atoms with Crippen molar-refractivity contribution in [2.75, 3.05) is 13.2 Å². The smallest absolute Gasteiger partial charge is 0.352 e. The Morgan fingerprint density at radius 3 is 2.64 bits per heavy atom. The van der Waals surface area contributed by atoms with Gasteiger partial charge in [0, 0.05) is 17.5 Å². The van der Waals surface area contributed by atoms with Gasteiger partial charge < -0.3 is 19.6 Å². The number of hydrogen-bond donors (Lipinski definition) is 2. The van der Waals surface area contributed by atoms with Crippen LogP contribution in [-0.4, -0.2) is 35.2 Å². The topological polar surface area (TPSA) is 123 Å². The maximum atomic E-state index is 12.1. The molecule has 2 rings (SSSR count). The van der Waals surface area contributed by atoms with Crippen LogP contribution < -0.4 is 15.6 Å². The van der Waals surface area contributed by atoms with Gasteiger partial charge in [0.25, 0.3) is 0 Å². The van der Waals surface area contributed by atoms with Crippen LogP contribution in [0.25, 0.3) is 10.9 Å². The van der Waals surface area contributed by atoms with Gasteiger partial charge in [0.15, 0.2) is 11.2 Å². The van der Waals surface area contributed by atoms with Crippen LogP contribution in [0.15, 0.2) is 46.0 Å². The van der Waals surface area contributed by atoms with Gasteiger partial charge in [-0.25, -0.2) is 9.59 Å². The molecule has 8 nitrogen and oxygen atoms in total. The van der Waals surface area contributed by atoms with Gasteiger partial charge in [-0.3, -0.25) is 9.59 Å². The molecule has 2 aromatic rings. The molecule has 25 heavy (non-hydrogen) atoms. The van der Waals surface area contributed by atoms with Crippen molar-refractivity contribution in [1.82, 2.24) is 4.98 Å². The fourth-order valence-electron chi connectivity index (χ4n) is 2.01. The number of carboxylic acid groups (broad SMARTS) is 1. The van der Waals surface area contributed by atoms with Crippen LogP contribution >= 0.6 is 0 Å². The van der Waals surface area contributed by atoms with Crippen molar-refractivity contribution in [2.24, 2.45) is 0 Å². The van der Waals surface area contributed by atoms with E-state index in [-0.39, 0.29) is 35.6 Å². The first-order chi connectivity index (χ1) is 11.9. The summed E-state index contributed by atoms with van der Waals surface area (Å²) in [4.78, 5) is 48.8. The zero-order chi connectivity index (χ0) is 18.4. The molecule has 0 atom stereocenters. The summed E-state index contributed by atoms with van der Waals surface area (Å²) < 4.78 is 9.99. The molecule has 0 aliphatic heterocycles. The molecule has 0 aliphatic rings. The van der Waals surface area contributed by atoms with Crippen molar-refractivity contribution in [2.45, 2.75) is 6.92 Å². The van der Waals surface area contributed by atoms with Gasteiger partial charge in [-0.05, 0) is 31.2 Å². The van der Waals surface area contributed by atoms with Crippen LogP contribution in [0, 0.1) is 0 Å². The number of ether oxygens (including phenoxy) is 2. The Labute approximate surface area is 141 Å². The van der Waals surface area contributed by atoms with E-state index in [1.165, 1.54) is 24.3 Å². The first-order valence-corrected chi connectivity index (χ1v) is 7.33. The fraction of sp³-hybridized carbons (Fsp3) is 0.176. The van der Waals surface area contributed by atoms with Crippen molar-refractivity contribution in [3.63, 3.8) is 0 Å². The van der Waals surface area contributed by atoms with E-state index >= 15 is 0 Å². The summed E-state index contributed by atoms with van der Waals surface area (Å²) in [6, 6.07) is 4.64. The number of aromatic amines is 1. The maximum absolute atomic E-state index is 12.1. The SMILES string of the molecule is CCOC(=O)/C=C/COc1cc2c(=O)cc(C(=O)O)[nH]c2ccc1=O. The summed E-state index contributed by atoms with van der Waals surface area (Å²) in [5.41, 5.74) is -1.14. The van der Waals surface area contributed by atoms with Crippen LogP contribution in [0.3, 0.4) is 0 Å². The normalized spacial score (nSPS) is 10.8. The third-order valence-corrected chi connectivity index (χ3v) is 3.13. The number of carbonyl (C=O) groups excluding carboxylic acids is 1. The zero-order valence-corrected chi connectivity index (χ0v) is 13.3. The van der Waals surface area contributed by atoms with Crippen molar-refractivity contribution < 1.29 is 24.2 Å². The Morgan fingerprint density at radius 2 is 1.96 bits per heavy atom. The number of esters is 1. The van der Waals surface area contributed by atoms with Gasteiger partial charge in [-0.1, -0.05) is 0 Å². The molecule has 0 radical (unpaired) electrons. The van der Waals surface area contributed by atoms with Crippen LogP contribution in [0.4, 0.5) is 0 Å². The number of fused-ring (bicyclic) bond motifs is 1. The second-order valence-electron chi connectivity index (χ2n) is 4.85. The summed E-state index contributed by atoms with van der Waals surface area (Å²) >= 11 is 0. The number of nitrogens with one attached hydrogen (secondary N) is 1. The monoisotopic (exact) mass is 345 g/mol. The molecule has 0 aliphatic carbocycles. The number of carbonyl (C=O) groups is 2. The van der Waals surface area contributed by atoms with Gasteiger partial charge in [-0.2, -0.15) is 0 Å². The van der Waals surface area contributed by atoms with E-state index < -0.39 is 22.8 Å². The Balaban J connectivity index is 2.34. The molecule has 2 N–H and O–H groups in total. The molecule has 0 fully saturated rings. The molecule has 8 heteroatoms. The summed E-state index contributed by atoms with van der Waals surface area (Å²) in [6.07, 6.45) is 2.54. The van der Waals surface area contributed by atoms with E-state index in [9.17, 15) is 19.2 Å². The molecule has 1 aromatic carbocycles. The lowest BCUT2D eigenvalue weighted by molar-refractivity contribution is -0.137. The van der Waals surface area contributed by atoms with Crippen LogP contribution in [0.1, 0.15) is 17.4 Å². The van der Waals surface area contributed by atoms with Gasteiger partial charge in [0.2, 0.25) is 5.43 Å². The number of rotatable bonds is 6.